The number of sulfonamides is 1. The Morgan fingerprint density at radius 1 is 1.12 bits per heavy atom. The zero-order chi connectivity index (χ0) is 18.3. The fourth-order valence-corrected chi connectivity index (χ4v) is 3.38. The summed E-state index contributed by atoms with van der Waals surface area (Å²) < 4.78 is 39.2. The Labute approximate surface area is 151 Å². The molecule has 0 radical (unpaired) electrons. The smallest absolute Gasteiger partial charge is 0.240 e. The molecule has 0 aromatic heterocycles. The van der Waals surface area contributed by atoms with Gasteiger partial charge in [0.05, 0.1) is 4.90 Å². The van der Waals surface area contributed by atoms with Crippen LogP contribution in [0.4, 0.5) is 4.39 Å². The summed E-state index contributed by atoms with van der Waals surface area (Å²) in [4.78, 5) is 11.8. The van der Waals surface area contributed by atoms with Gasteiger partial charge in [-0.25, -0.2) is 17.5 Å². The summed E-state index contributed by atoms with van der Waals surface area (Å²) in [5.41, 5.74) is 0.887. The normalized spacial score (nSPS) is 11.3. The van der Waals surface area contributed by atoms with Crippen LogP contribution in [-0.2, 0) is 21.4 Å². The molecule has 5 nitrogen and oxygen atoms in total. The number of carbonyl (C=O) groups excluding carboxylic acids is 1. The summed E-state index contributed by atoms with van der Waals surface area (Å²) >= 11 is 5.87. The van der Waals surface area contributed by atoms with Gasteiger partial charge in [-0.05, 0) is 48.4 Å². The van der Waals surface area contributed by atoms with E-state index in [9.17, 15) is 17.6 Å². The zero-order valence-electron chi connectivity index (χ0n) is 13.3. The number of benzene rings is 2. The van der Waals surface area contributed by atoms with E-state index in [1.807, 2.05) is 6.07 Å². The van der Waals surface area contributed by atoms with E-state index in [0.29, 0.717) is 18.0 Å². The summed E-state index contributed by atoms with van der Waals surface area (Å²) in [6.45, 7) is 0.477. The molecule has 0 bridgehead atoms. The lowest BCUT2D eigenvalue weighted by Crippen LogP contribution is -2.27. The first-order chi connectivity index (χ1) is 11.9. The molecule has 0 aliphatic carbocycles. The van der Waals surface area contributed by atoms with Gasteiger partial charge in [0.25, 0.3) is 0 Å². The van der Waals surface area contributed by atoms with Gasteiger partial charge in [0.15, 0.2) is 0 Å². The van der Waals surface area contributed by atoms with Crippen molar-refractivity contribution in [3.63, 3.8) is 0 Å². The number of hydrogen-bond donors (Lipinski definition) is 2. The highest BCUT2D eigenvalue weighted by molar-refractivity contribution is 7.89. The molecule has 0 aliphatic heterocycles. The van der Waals surface area contributed by atoms with Crippen molar-refractivity contribution in [3.05, 3.63) is 64.9 Å². The van der Waals surface area contributed by atoms with Crippen LogP contribution in [0.1, 0.15) is 18.4 Å². The summed E-state index contributed by atoms with van der Waals surface area (Å²) in [7, 11) is -3.70. The molecule has 2 aromatic rings. The second-order valence-corrected chi connectivity index (χ2v) is 7.57. The average Bonchev–Trinajstić information content (AvgIpc) is 2.57. The second kappa shape index (κ2) is 8.94. The number of hydrogen-bond acceptors (Lipinski definition) is 3. The first kappa shape index (κ1) is 19.4. The standard InChI is InChI=1S/C17H18ClFN2O3S/c18-14-4-1-3-13(11-14)12-20-17(22)5-2-10-21-25(23,24)16-8-6-15(19)7-9-16/h1,3-4,6-9,11,21H,2,5,10,12H2,(H,20,22). The topological polar surface area (TPSA) is 75.3 Å². The van der Waals surface area contributed by atoms with Gasteiger partial charge < -0.3 is 5.32 Å². The molecule has 0 saturated heterocycles. The van der Waals surface area contributed by atoms with E-state index in [2.05, 4.69) is 10.0 Å². The van der Waals surface area contributed by atoms with Crippen LogP contribution in [-0.4, -0.2) is 20.9 Å². The predicted octanol–water partition coefficient (Wildman–Crippen LogP) is 2.85. The Morgan fingerprint density at radius 2 is 1.84 bits per heavy atom. The fraction of sp³-hybridized carbons (Fsp3) is 0.235. The monoisotopic (exact) mass is 384 g/mol. The molecule has 25 heavy (non-hydrogen) atoms. The van der Waals surface area contributed by atoms with Crippen molar-refractivity contribution in [3.8, 4) is 0 Å². The third-order valence-electron chi connectivity index (χ3n) is 3.38. The van der Waals surface area contributed by atoms with Crippen LogP contribution in [0, 0.1) is 5.82 Å². The van der Waals surface area contributed by atoms with Crippen molar-refractivity contribution >= 4 is 27.5 Å². The maximum Gasteiger partial charge on any atom is 0.240 e. The SMILES string of the molecule is O=C(CCCNS(=O)(=O)c1ccc(F)cc1)NCc1cccc(Cl)c1. The lowest BCUT2D eigenvalue weighted by Gasteiger charge is -2.08. The minimum atomic E-state index is -3.70. The molecule has 2 N–H and O–H groups in total. The van der Waals surface area contributed by atoms with Gasteiger partial charge in [0.1, 0.15) is 5.82 Å². The van der Waals surface area contributed by atoms with Crippen LogP contribution in [0.25, 0.3) is 0 Å². The van der Waals surface area contributed by atoms with E-state index in [0.717, 1.165) is 17.7 Å². The third kappa shape index (κ3) is 6.45. The molecule has 1 amide bonds. The highest BCUT2D eigenvalue weighted by Crippen LogP contribution is 2.11. The molecule has 0 saturated carbocycles. The molecular formula is C17H18ClFN2O3S. The summed E-state index contributed by atoms with van der Waals surface area (Å²) in [6.07, 6.45) is 0.536. The van der Waals surface area contributed by atoms with Crippen molar-refractivity contribution in [2.24, 2.45) is 0 Å². The zero-order valence-corrected chi connectivity index (χ0v) is 14.9. The van der Waals surface area contributed by atoms with Crippen molar-refractivity contribution in [2.45, 2.75) is 24.3 Å². The summed E-state index contributed by atoms with van der Waals surface area (Å²) in [5, 5.41) is 3.34. The highest BCUT2D eigenvalue weighted by atomic mass is 35.5. The van der Waals surface area contributed by atoms with Gasteiger partial charge in [0, 0.05) is 24.5 Å². The molecule has 134 valence electrons. The Kier molecular flexibility index (Phi) is 6.92. The molecule has 0 unspecified atom stereocenters. The van der Waals surface area contributed by atoms with Crippen LogP contribution < -0.4 is 10.0 Å². The Hall–Kier alpha value is -1.96. The number of rotatable bonds is 8. The first-order valence-electron chi connectivity index (χ1n) is 7.63. The Bertz CT molecular complexity index is 826. The number of nitrogens with one attached hydrogen (secondary N) is 2. The van der Waals surface area contributed by atoms with Gasteiger partial charge in [-0.1, -0.05) is 23.7 Å². The van der Waals surface area contributed by atoms with Crippen LogP contribution in [0.5, 0.6) is 0 Å². The first-order valence-corrected chi connectivity index (χ1v) is 9.49. The molecule has 2 aromatic carbocycles. The second-order valence-electron chi connectivity index (χ2n) is 5.36. The van der Waals surface area contributed by atoms with E-state index < -0.39 is 15.8 Å². The summed E-state index contributed by atoms with van der Waals surface area (Å²) in [5.74, 6) is -0.684. The molecule has 0 aliphatic rings. The van der Waals surface area contributed by atoms with Gasteiger partial charge in [0.2, 0.25) is 15.9 Å². The summed E-state index contributed by atoms with van der Waals surface area (Å²) in [6, 6.07) is 11.7. The average molecular weight is 385 g/mol. The molecule has 0 atom stereocenters. The molecule has 0 spiro atoms. The van der Waals surface area contributed by atoms with Crippen molar-refractivity contribution < 1.29 is 17.6 Å². The molecular weight excluding hydrogens is 367 g/mol. The highest BCUT2D eigenvalue weighted by Gasteiger charge is 2.13. The Balaban J connectivity index is 1.71. The van der Waals surface area contributed by atoms with Crippen LogP contribution in [0.3, 0.4) is 0 Å². The van der Waals surface area contributed by atoms with Gasteiger partial charge in [-0.2, -0.15) is 0 Å². The lowest BCUT2D eigenvalue weighted by molar-refractivity contribution is -0.121. The molecule has 2 rings (SSSR count). The van der Waals surface area contributed by atoms with E-state index in [-0.39, 0.29) is 23.8 Å². The fourth-order valence-electron chi connectivity index (χ4n) is 2.09. The van der Waals surface area contributed by atoms with Crippen molar-refractivity contribution in [2.75, 3.05) is 6.54 Å². The van der Waals surface area contributed by atoms with Crippen molar-refractivity contribution in [1.82, 2.24) is 10.0 Å². The van der Waals surface area contributed by atoms with E-state index >= 15 is 0 Å². The lowest BCUT2D eigenvalue weighted by atomic mass is 10.2. The minimum absolute atomic E-state index is 0.0145. The minimum Gasteiger partial charge on any atom is -0.352 e. The predicted molar refractivity (Wildman–Crippen MR) is 94.1 cm³/mol. The largest absolute Gasteiger partial charge is 0.352 e. The number of halogens is 2. The third-order valence-corrected chi connectivity index (χ3v) is 5.09. The van der Waals surface area contributed by atoms with Crippen LogP contribution in [0.15, 0.2) is 53.4 Å². The van der Waals surface area contributed by atoms with E-state index in [1.54, 1.807) is 18.2 Å². The maximum atomic E-state index is 12.8. The van der Waals surface area contributed by atoms with E-state index in [4.69, 9.17) is 11.6 Å². The van der Waals surface area contributed by atoms with Gasteiger partial charge >= 0.3 is 0 Å². The quantitative estimate of drug-likeness (QED) is 0.687. The molecule has 0 heterocycles. The number of amides is 1. The molecule has 8 heteroatoms. The maximum absolute atomic E-state index is 12.8. The van der Waals surface area contributed by atoms with Crippen LogP contribution in [0.2, 0.25) is 5.02 Å². The van der Waals surface area contributed by atoms with Crippen molar-refractivity contribution in [1.29, 1.82) is 0 Å². The Morgan fingerprint density at radius 3 is 2.52 bits per heavy atom. The molecule has 0 fully saturated rings. The van der Waals surface area contributed by atoms with Gasteiger partial charge in [-0.15, -0.1) is 0 Å². The van der Waals surface area contributed by atoms with Gasteiger partial charge in [-0.3, -0.25) is 4.79 Å². The van der Waals surface area contributed by atoms with Crippen LogP contribution >= 0.6 is 11.6 Å². The van der Waals surface area contributed by atoms with E-state index in [1.165, 1.54) is 12.1 Å². The number of carbonyl (C=O) groups is 1.